The standard InChI is InChI=1S/C13H15BrF3N5O2/c1-7-10(14)11(13(15,16)17)20-22(7)8(2)12(23)19-9-4-18-21(5-9)6-24-3/h4-5,8H,6H2,1-3H3,(H,19,23). The predicted molar refractivity (Wildman–Crippen MR) is 82.2 cm³/mol. The van der Waals surface area contributed by atoms with E-state index in [1.54, 1.807) is 6.20 Å². The second-order valence-electron chi connectivity index (χ2n) is 5.04. The van der Waals surface area contributed by atoms with Crippen LogP contribution in [0.2, 0.25) is 0 Å². The minimum absolute atomic E-state index is 0.178. The number of methoxy groups -OCH3 is 1. The number of halogens is 4. The number of alkyl halides is 3. The van der Waals surface area contributed by atoms with E-state index in [-0.39, 0.29) is 16.9 Å². The highest BCUT2D eigenvalue weighted by Crippen LogP contribution is 2.36. The highest BCUT2D eigenvalue weighted by Gasteiger charge is 2.38. The Morgan fingerprint density at radius 2 is 2.17 bits per heavy atom. The van der Waals surface area contributed by atoms with Gasteiger partial charge >= 0.3 is 6.18 Å². The molecule has 1 N–H and O–H groups in total. The van der Waals surface area contributed by atoms with Gasteiger partial charge in [0.2, 0.25) is 5.91 Å². The molecule has 2 aromatic heterocycles. The van der Waals surface area contributed by atoms with E-state index >= 15 is 0 Å². The summed E-state index contributed by atoms with van der Waals surface area (Å²) >= 11 is 2.88. The maximum absolute atomic E-state index is 12.9. The molecule has 0 aliphatic carbocycles. The molecule has 0 bridgehead atoms. The first kappa shape index (κ1) is 18.5. The van der Waals surface area contributed by atoms with Crippen molar-refractivity contribution in [2.75, 3.05) is 12.4 Å². The van der Waals surface area contributed by atoms with E-state index in [0.717, 1.165) is 4.68 Å². The summed E-state index contributed by atoms with van der Waals surface area (Å²) < 4.78 is 45.9. The Morgan fingerprint density at radius 1 is 1.50 bits per heavy atom. The molecule has 0 radical (unpaired) electrons. The third-order valence-electron chi connectivity index (χ3n) is 3.25. The van der Waals surface area contributed by atoms with Gasteiger partial charge in [-0.1, -0.05) is 0 Å². The minimum atomic E-state index is -4.60. The molecule has 0 fully saturated rings. The normalized spacial score (nSPS) is 13.1. The molecule has 24 heavy (non-hydrogen) atoms. The lowest BCUT2D eigenvalue weighted by Crippen LogP contribution is -2.25. The molecule has 1 amide bonds. The van der Waals surface area contributed by atoms with Crippen LogP contribution in [0.15, 0.2) is 16.9 Å². The minimum Gasteiger partial charge on any atom is -0.362 e. The van der Waals surface area contributed by atoms with Crippen molar-refractivity contribution in [3.05, 3.63) is 28.3 Å². The van der Waals surface area contributed by atoms with Gasteiger partial charge in [-0.25, -0.2) is 4.68 Å². The molecular formula is C13H15BrF3N5O2. The summed E-state index contributed by atoms with van der Waals surface area (Å²) in [5.74, 6) is -0.515. The largest absolute Gasteiger partial charge is 0.436 e. The van der Waals surface area contributed by atoms with Gasteiger partial charge in [-0.3, -0.25) is 9.48 Å². The van der Waals surface area contributed by atoms with Gasteiger partial charge in [-0.2, -0.15) is 23.4 Å². The summed E-state index contributed by atoms with van der Waals surface area (Å²) in [4.78, 5) is 12.3. The molecule has 0 saturated heterocycles. The fraction of sp³-hybridized carbons (Fsp3) is 0.462. The number of ether oxygens (including phenoxy) is 1. The van der Waals surface area contributed by atoms with Crippen LogP contribution in [0, 0.1) is 6.92 Å². The molecular weight excluding hydrogens is 395 g/mol. The van der Waals surface area contributed by atoms with Crippen molar-refractivity contribution in [1.29, 1.82) is 0 Å². The van der Waals surface area contributed by atoms with Crippen molar-refractivity contribution in [2.24, 2.45) is 0 Å². The van der Waals surface area contributed by atoms with E-state index in [1.165, 1.54) is 31.8 Å². The van der Waals surface area contributed by atoms with Crippen molar-refractivity contribution in [1.82, 2.24) is 19.6 Å². The van der Waals surface area contributed by atoms with E-state index < -0.39 is 23.8 Å². The highest BCUT2D eigenvalue weighted by atomic mass is 79.9. The summed E-state index contributed by atoms with van der Waals surface area (Å²) in [7, 11) is 1.50. The highest BCUT2D eigenvalue weighted by molar-refractivity contribution is 9.10. The number of carbonyl (C=O) groups is 1. The summed E-state index contributed by atoms with van der Waals surface area (Å²) in [6.45, 7) is 3.12. The van der Waals surface area contributed by atoms with Crippen LogP contribution in [-0.2, 0) is 22.4 Å². The predicted octanol–water partition coefficient (Wildman–Crippen LogP) is 2.97. The topological polar surface area (TPSA) is 74.0 Å². The number of hydrogen-bond donors (Lipinski definition) is 1. The van der Waals surface area contributed by atoms with Gasteiger partial charge < -0.3 is 10.1 Å². The molecule has 2 rings (SSSR count). The van der Waals surface area contributed by atoms with Gasteiger partial charge in [0.1, 0.15) is 12.8 Å². The van der Waals surface area contributed by atoms with E-state index in [9.17, 15) is 18.0 Å². The second kappa shape index (κ2) is 6.93. The van der Waals surface area contributed by atoms with Gasteiger partial charge in [-0.15, -0.1) is 0 Å². The maximum Gasteiger partial charge on any atom is 0.436 e. The van der Waals surface area contributed by atoms with E-state index in [4.69, 9.17) is 4.74 Å². The van der Waals surface area contributed by atoms with Gasteiger partial charge in [0.15, 0.2) is 5.69 Å². The zero-order valence-electron chi connectivity index (χ0n) is 13.1. The number of aromatic nitrogens is 4. The number of nitrogens with one attached hydrogen (secondary N) is 1. The Kier molecular flexibility index (Phi) is 5.33. The third kappa shape index (κ3) is 3.78. The molecule has 0 spiro atoms. The van der Waals surface area contributed by atoms with Crippen LogP contribution in [0.5, 0.6) is 0 Å². The average molecular weight is 410 g/mol. The number of nitrogens with zero attached hydrogens (tertiary/aromatic N) is 4. The third-order valence-corrected chi connectivity index (χ3v) is 4.20. The number of hydrogen-bond acceptors (Lipinski definition) is 4. The molecule has 0 aromatic carbocycles. The molecule has 11 heteroatoms. The molecule has 1 atom stereocenters. The second-order valence-corrected chi connectivity index (χ2v) is 5.83. The monoisotopic (exact) mass is 409 g/mol. The number of anilines is 1. The molecule has 132 valence electrons. The van der Waals surface area contributed by atoms with Crippen LogP contribution in [0.25, 0.3) is 0 Å². The lowest BCUT2D eigenvalue weighted by Gasteiger charge is -2.13. The molecule has 2 heterocycles. The molecule has 0 aliphatic rings. The van der Waals surface area contributed by atoms with Crippen LogP contribution in [0.3, 0.4) is 0 Å². The van der Waals surface area contributed by atoms with Crippen molar-refractivity contribution < 1.29 is 22.7 Å². The average Bonchev–Trinajstić information content (AvgIpc) is 3.04. The molecule has 1 unspecified atom stereocenters. The van der Waals surface area contributed by atoms with E-state index in [2.05, 4.69) is 31.4 Å². The van der Waals surface area contributed by atoms with E-state index in [1.807, 2.05) is 0 Å². The Morgan fingerprint density at radius 3 is 2.71 bits per heavy atom. The Bertz CT molecular complexity index is 741. The first-order valence-corrected chi connectivity index (χ1v) is 7.58. The van der Waals surface area contributed by atoms with Gasteiger partial charge in [0.25, 0.3) is 0 Å². The summed E-state index contributed by atoms with van der Waals surface area (Å²) in [5, 5.41) is 10.1. The summed E-state index contributed by atoms with van der Waals surface area (Å²) in [5.41, 5.74) is -0.448. The van der Waals surface area contributed by atoms with Crippen molar-refractivity contribution in [3.63, 3.8) is 0 Å². The van der Waals surface area contributed by atoms with Crippen LogP contribution < -0.4 is 5.32 Å². The van der Waals surface area contributed by atoms with Crippen molar-refractivity contribution in [3.8, 4) is 0 Å². The molecule has 2 aromatic rings. The lowest BCUT2D eigenvalue weighted by atomic mass is 10.3. The van der Waals surface area contributed by atoms with Crippen LogP contribution >= 0.6 is 15.9 Å². The quantitative estimate of drug-likeness (QED) is 0.823. The zero-order valence-corrected chi connectivity index (χ0v) is 14.6. The Labute approximate surface area is 143 Å². The van der Waals surface area contributed by atoms with Crippen LogP contribution in [-0.4, -0.2) is 32.6 Å². The number of amides is 1. The lowest BCUT2D eigenvalue weighted by molar-refractivity contribution is -0.142. The van der Waals surface area contributed by atoms with Gasteiger partial charge in [-0.05, 0) is 29.8 Å². The molecule has 0 aliphatic heterocycles. The zero-order chi connectivity index (χ0) is 18.1. The van der Waals surface area contributed by atoms with Crippen molar-refractivity contribution in [2.45, 2.75) is 32.8 Å². The molecule has 7 nitrogen and oxygen atoms in total. The maximum atomic E-state index is 12.9. The SMILES string of the molecule is COCn1cc(NC(=O)C(C)n2nc(C(F)(F)F)c(Br)c2C)cn1. The number of carbonyl (C=O) groups excluding carboxylic acids is 1. The smallest absolute Gasteiger partial charge is 0.362 e. The fourth-order valence-electron chi connectivity index (χ4n) is 2.05. The summed E-state index contributed by atoms with van der Waals surface area (Å²) in [6.07, 6.45) is -1.65. The fourth-order valence-corrected chi connectivity index (χ4v) is 2.53. The first-order chi connectivity index (χ1) is 11.1. The molecule has 0 saturated carbocycles. The van der Waals surface area contributed by atoms with E-state index in [0.29, 0.717) is 5.69 Å². The summed E-state index contributed by atoms with van der Waals surface area (Å²) in [6, 6.07) is -0.942. The van der Waals surface area contributed by atoms with Crippen LogP contribution in [0.1, 0.15) is 24.4 Å². The van der Waals surface area contributed by atoms with Gasteiger partial charge in [0.05, 0.1) is 28.2 Å². The number of rotatable bonds is 5. The Balaban J connectivity index is 2.18. The van der Waals surface area contributed by atoms with Crippen LogP contribution in [0.4, 0.5) is 18.9 Å². The van der Waals surface area contributed by atoms with Gasteiger partial charge in [0, 0.05) is 7.11 Å². The van der Waals surface area contributed by atoms with Crippen molar-refractivity contribution >= 4 is 27.5 Å². The Hall–Kier alpha value is -1.88. The first-order valence-electron chi connectivity index (χ1n) is 6.79.